The lowest BCUT2D eigenvalue weighted by molar-refractivity contribution is 0.102. The third-order valence-corrected chi connectivity index (χ3v) is 3.72. The summed E-state index contributed by atoms with van der Waals surface area (Å²) in [6.45, 7) is 3.18. The van der Waals surface area contributed by atoms with Crippen molar-refractivity contribution in [2.45, 2.75) is 0 Å². The second-order valence-corrected chi connectivity index (χ2v) is 5.18. The van der Waals surface area contributed by atoms with Crippen LogP contribution in [0.25, 0.3) is 0 Å². The van der Waals surface area contributed by atoms with E-state index in [0.29, 0.717) is 11.4 Å². The van der Waals surface area contributed by atoms with Crippen molar-refractivity contribution in [1.82, 2.24) is 4.98 Å². The van der Waals surface area contributed by atoms with Crippen molar-refractivity contribution in [3.05, 3.63) is 48.2 Å². The minimum Gasteiger partial charge on any atom is -0.497 e. The Morgan fingerprint density at radius 2 is 1.91 bits per heavy atom. The summed E-state index contributed by atoms with van der Waals surface area (Å²) in [6.07, 6.45) is 1.77. The number of methoxy groups -OCH3 is 1. The Kier molecular flexibility index (Phi) is 4.73. The summed E-state index contributed by atoms with van der Waals surface area (Å²) in [6, 6.07) is 10.7. The molecular weight excluding hydrogens is 294 g/mol. The average molecular weight is 313 g/mol. The van der Waals surface area contributed by atoms with Crippen molar-refractivity contribution in [2.75, 3.05) is 43.6 Å². The van der Waals surface area contributed by atoms with Gasteiger partial charge in [-0.25, -0.2) is 4.98 Å². The van der Waals surface area contributed by atoms with E-state index in [1.54, 1.807) is 37.6 Å². The maximum Gasteiger partial charge on any atom is 0.256 e. The molecule has 0 aliphatic carbocycles. The number of hydrogen-bond acceptors (Lipinski definition) is 5. The van der Waals surface area contributed by atoms with Gasteiger partial charge in [0.05, 0.1) is 32.2 Å². The molecule has 1 fully saturated rings. The van der Waals surface area contributed by atoms with E-state index in [0.717, 1.165) is 37.7 Å². The zero-order valence-electron chi connectivity index (χ0n) is 13.0. The topological polar surface area (TPSA) is 63.7 Å². The molecule has 1 saturated heterocycles. The molecule has 1 aliphatic heterocycles. The largest absolute Gasteiger partial charge is 0.497 e. The Labute approximate surface area is 135 Å². The molecule has 0 unspecified atom stereocenters. The number of nitrogens with zero attached hydrogens (tertiary/aromatic N) is 2. The van der Waals surface area contributed by atoms with Crippen LogP contribution in [0.15, 0.2) is 42.6 Å². The van der Waals surface area contributed by atoms with Crippen LogP contribution in [0.2, 0.25) is 0 Å². The number of carbonyl (C=O) groups is 1. The number of rotatable bonds is 4. The van der Waals surface area contributed by atoms with E-state index in [2.05, 4.69) is 15.2 Å². The van der Waals surface area contributed by atoms with Crippen LogP contribution < -0.4 is 15.0 Å². The Morgan fingerprint density at radius 3 is 2.52 bits per heavy atom. The molecule has 1 amide bonds. The van der Waals surface area contributed by atoms with Gasteiger partial charge in [0.2, 0.25) is 0 Å². The second-order valence-electron chi connectivity index (χ2n) is 5.18. The smallest absolute Gasteiger partial charge is 0.256 e. The Morgan fingerprint density at radius 1 is 1.17 bits per heavy atom. The van der Waals surface area contributed by atoms with E-state index in [4.69, 9.17) is 9.47 Å². The summed E-state index contributed by atoms with van der Waals surface area (Å²) in [7, 11) is 1.59. The van der Waals surface area contributed by atoms with Gasteiger partial charge in [-0.1, -0.05) is 0 Å². The first-order valence-corrected chi connectivity index (χ1v) is 7.50. The standard InChI is InChI=1S/C17H19N3O3/c1-22-15-5-2-13(3-6-15)17(21)19-16-7-4-14(12-18-16)20-8-10-23-11-9-20/h2-7,12H,8-11H2,1H3,(H,18,19,21). The molecule has 1 aromatic heterocycles. The molecule has 0 radical (unpaired) electrons. The fraction of sp³-hybridized carbons (Fsp3) is 0.294. The van der Waals surface area contributed by atoms with E-state index in [9.17, 15) is 4.79 Å². The van der Waals surface area contributed by atoms with Gasteiger partial charge in [0.1, 0.15) is 11.6 Å². The third-order valence-electron chi connectivity index (χ3n) is 3.72. The number of pyridine rings is 1. The number of carbonyl (C=O) groups excluding carboxylic acids is 1. The Bertz CT molecular complexity index is 650. The van der Waals surface area contributed by atoms with Crippen molar-refractivity contribution < 1.29 is 14.3 Å². The fourth-order valence-electron chi connectivity index (χ4n) is 2.40. The molecule has 1 aromatic carbocycles. The number of anilines is 2. The maximum absolute atomic E-state index is 12.2. The van der Waals surface area contributed by atoms with Gasteiger partial charge >= 0.3 is 0 Å². The lowest BCUT2D eigenvalue weighted by Crippen LogP contribution is -2.36. The molecule has 3 rings (SSSR count). The molecule has 1 N–H and O–H groups in total. The van der Waals surface area contributed by atoms with E-state index >= 15 is 0 Å². The van der Waals surface area contributed by atoms with Crippen LogP contribution in [0.1, 0.15) is 10.4 Å². The lowest BCUT2D eigenvalue weighted by atomic mass is 10.2. The molecule has 1 aliphatic rings. The Hall–Kier alpha value is -2.60. The number of nitrogens with one attached hydrogen (secondary N) is 1. The summed E-state index contributed by atoms with van der Waals surface area (Å²) < 4.78 is 10.4. The number of morpholine rings is 1. The fourth-order valence-corrected chi connectivity index (χ4v) is 2.40. The SMILES string of the molecule is COc1ccc(C(=O)Nc2ccc(N3CCOCC3)cn2)cc1. The average Bonchev–Trinajstić information content (AvgIpc) is 2.63. The van der Waals surface area contributed by atoms with Crippen LogP contribution in [0.3, 0.4) is 0 Å². The highest BCUT2D eigenvalue weighted by atomic mass is 16.5. The molecule has 23 heavy (non-hydrogen) atoms. The van der Waals surface area contributed by atoms with E-state index < -0.39 is 0 Å². The molecule has 6 heteroatoms. The van der Waals surface area contributed by atoms with Crippen LogP contribution in [0.4, 0.5) is 11.5 Å². The van der Waals surface area contributed by atoms with Gasteiger partial charge in [-0.15, -0.1) is 0 Å². The predicted molar refractivity (Wildman–Crippen MR) is 88.2 cm³/mol. The monoisotopic (exact) mass is 313 g/mol. The highest BCUT2D eigenvalue weighted by molar-refractivity contribution is 6.03. The molecule has 0 saturated carbocycles. The zero-order valence-corrected chi connectivity index (χ0v) is 13.0. The summed E-state index contributed by atoms with van der Waals surface area (Å²) in [4.78, 5) is 18.7. The summed E-state index contributed by atoms with van der Waals surface area (Å²) in [5, 5.41) is 2.79. The molecule has 0 bridgehead atoms. The van der Waals surface area contributed by atoms with Crippen molar-refractivity contribution in [1.29, 1.82) is 0 Å². The molecule has 120 valence electrons. The summed E-state index contributed by atoms with van der Waals surface area (Å²) in [5.41, 5.74) is 1.60. The molecule has 2 heterocycles. The van der Waals surface area contributed by atoms with E-state index in [1.807, 2.05) is 12.1 Å². The molecule has 0 spiro atoms. The minimum absolute atomic E-state index is 0.195. The first-order valence-electron chi connectivity index (χ1n) is 7.50. The number of hydrogen-bond donors (Lipinski definition) is 1. The first-order chi connectivity index (χ1) is 11.3. The van der Waals surface area contributed by atoms with E-state index in [-0.39, 0.29) is 5.91 Å². The van der Waals surface area contributed by atoms with Gasteiger partial charge < -0.3 is 19.7 Å². The van der Waals surface area contributed by atoms with Gasteiger partial charge in [-0.2, -0.15) is 0 Å². The van der Waals surface area contributed by atoms with Crippen molar-refractivity contribution in [3.63, 3.8) is 0 Å². The highest BCUT2D eigenvalue weighted by Gasteiger charge is 2.12. The van der Waals surface area contributed by atoms with Crippen LogP contribution in [0, 0.1) is 0 Å². The maximum atomic E-state index is 12.2. The van der Waals surface area contributed by atoms with Gasteiger partial charge in [0.25, 0.3) is 5.91 Å². The molecule has 0 atom stereocenters. The molecule has 6 nitrogen and oxygen atoms in total. The predicted octanol–water partition coefficient (Wildman–Crippen LogP) is 2.18. The quantitative estimate of drug-likeness (QED) is 0.937. The number of amides is 1. The van der Waals surface area contributed by atoms with Gasteiger partial charge in [0, 0.05) is 18.7 Å². The summed E-state index contributed by atoms with van der Waals surface area (Å²) >= 11 is 0. The van der Waals surface area contributed by atoms with Crippen molar-refractivity contribution in [2.24, 2.45) is 0 Å². The van der Waals surface area contributed by atoms with Crippen LogP contribution in [-0.2, 0) is 4.74 Å². The second kappa shape index (κ2) is 7.11. The molecular formula is C17H19N3O3. The zero-order chi connectivity index (χ0) is 16.1. The number of aromatic nitrogens is 1. The Balaban J connectivity index is 1.63. The van der Waals surface area contributed by atoms with Crippen molar-refractivity contribution >= 4 is 17.4 Å². The lowest BCUT2D eigenvalue weighted by Gasteiger charge is -2.28. The highest BCUT2D eigenvalue weighted by Crippen LogP contribution is 2.17. The van der Waals surface area contributed by atoms with Gasteiger partial charge in [-0.05, 0) is 36.4 Å². The van der Waals surface area contributed by atoms with E-state index in [1.165, 1.54) is 0 Å². The third kappa shape index (κ3) is 3.78. The normalized spacial score (nSPS) is 14.4. The van der Waals surface area contributed by atoms with Crippen LogP contribution in [-0.4, -0.2) is 44.3 Å². The number of benzene rings is 1. The first kappa shape index (κ1) is 15.3. The van der Waals surface area contributed by atoms with Gasteiger partial charge in [-0.3, -0.25) is 4.79 Å². The van der Waals surface area contributed by atoms with Crippen LogP contribution >= 0.6 is 0 Å². The number of ether oxygens (including phenoxy) is 2. The minimum atomic E-state index is -0.195. The van der Waals surface area contributed by atoms with Crippen molar-refractivity contribution in [3.8, 4) is 5.75 Å². The van der Waals surface area contributed by atoms with Gasteiger partial charge in [0.15, 0.2) is 0 Å². The molecule has 2 aromatic rings. The summed E-state index contributed by atoms with van der Waals surface area (Å²) in [5.74, 6) is 1.05. The van der Waals surface area contributed by atoms with Crippen LogP contribution in [0.5, 0.6) is 5.75 Å².